The van der Waals surface area contributed by atoms with Crippen molar-refractivity contribution in [2.75, 3.05) is 6.54 Å². The molecule has 0 heterocycles. The number of rotatable bonds is 3. The first kappa shape index (κ1) is 9.91. The van der Waals surface area contributed by atoms with E-state index in [0.29, 0.717) is 6.54 Å². The highest BCUT2D eigenvalue weighted by molar-refractivity contribution is 5.52. The summed E-state index contributed by atoms with van der Waals surface area (Å²) >= 11 is 0. The lowest BCUT2D eigenvalue weighted by Crippen LogP contribution is -1.76. The number of terminal acetylenes is 1. The maximum atomic E-state index is 8.04. The van der Waals surface area contributed by atoms with Crippen LogP contribution in [0.25, 0.3) is 16.5 Å². The van der Waals surface area contributed by atoms with E-state index < -0.39 is 0 Å². The second-order valence-electron chi connectivity index (χ2n) is 2.59. The molecule has 0 radical (unpaired) electrons. The van der Waals surface area contributed by atoms with Gasteiger partial charge >= 0.3 is 0 Å². The minimum absolute atomic E-state index is 0.358. The molecule has 1 aromatic rings. The van der Waals surface area contributed by atoms with Crippen LogP contribution < -0.4 is 0 Å². The standard InChI is InChI=1S/C11H9N3/c1-2-10-5-3-6-11(9-10)7-4-8-13-14-12/h1,3-7,9H,8H2. The largest absolute Gasteiger partial charge is 0.115 e. The molecule has 68 valence electrons. The summed E-state index contributed by atoms with van der Waals surface area (Å²) in [5.74, 6) is 2.55. The Balaban J connectivity index is 2.72. The van der Waals surface area contributed by atoms with Gasteiger partial charge < -0.3 is 0 Å². The SMILES string of the molecule is C#Cc1cccc(C=CCN=[N+]=[N-])c1. The van der Waals surface area contributed by atoms with Crippen molar-refractivity contribution in [2.45, 2.75) is 0 Å². The topological polar surface area (TPSA) is 48.8 Å². The lowest BCUT2D eigenvalue weighted by atomic mass is 10.1. The van der Waals surface area contributed by atoms with Crippen molar-refractivity contribution in [3.05, 3.63) is 51.9 Å². The molecule has 0 fully saturated rings. The van der Waals surface area contributed by atoms with Crippen LogP contribution in [0.1, 0.15) is 11.1 Å². The molecule has 0 atom stereocenters. The fourth-order valence-electron chi connectivity index (χ4n) is 1.00. The van der Waals surface area contributed by atoms with Crippen molar-refractivity contribution < 1.29 is 0 Å². The summed E-state index contributed by atoms with van der Waals surface area (Å²) in [7, 11) is 0. The van der Waals surface area contributed by atoms with Crippen LogP contribution in [0.5, 0.6) is 0 Å². The Hall–Kier alpha value is -2.17. The Morgan fingerprint density at radius 3 is 3.14 bits per heavy atom. The zero-order chi connectivity index (χ0) is 10.2. The number of benzene rings is 1. The van der Waals surface area contributed by atoms with Gasteiger partial charge in [0, 0.05) is 17.0 Å². The summed E-state index contributed by atoms with van der Waals surface area (Å²) in [6.45, 7) is 0.358. The van der Waals surface area contributed by atoms with Gasteiger partial charge in [-0.2, -0.15) is 0 Å². The molecule has 0 spiro atoms. The highest BCUT2D eigenvalue weighted by Crippen LogP contribution is 2.05. The van der Waals surface area contributed by atoms with E-state index in [0.717, 1.165) is 11.1 Å². The molecule has 0 N–H and O–H groups in total. The zero-order valence-electron chi connectivity index (χ0n) is 7.59. The monoisotopic (exact) mass is 183 g/mol. The van der Waals surface area contributed by atoms with Gasteiger partial charge in [-0.05, 0) is 23.2 Å². The third-order valence-electron chi connectivity index (χ3n) is 1.61. The second kappa shape index (κ2) is 5.47. The van der Waals surface area contributed by atoms with E-state index in [1.165, 1.54) is 0 Å². The van der Waals surface area contributed by atoms with Gasteiger partial charge in [-0.3, -0.25) is 0 Å². The molecule has 3 heteroatoms. The van der Waals surface area contributed by atoms with Gasteiger partial charge in [-0.1, -0.05) is 35.3 Å². The fraction of sp³-hybridized carbons (Fsp3) is 0.0909. The average Bonchev–Trinajstić information content (AvgIpc) is 2.25. The summed E-state index contributed by atoms with van der Waals surface area (Å²) < 4.78 is 0. The van der Waals surface area contributed by atoms with Crippen molar-refractivity contribution in [2.24, 2.45) is 5.11 Å². The van der Waals surface area contributed by atoms with Crippen molar-refractivity contribution >= 4 is 6.08 Å². The van der Waals surface area contributed by atoms with E-state index in [4.69, 9.17) is 12.0 Å². The molecule has 1 aromatic carbocycles. The molecule has 1 rings (SSSR count). The molecule has 0 aliphatic carbocycles. The maximum Gasteiger partial charge on any atom is 0.0443 e. The van der Waals surface area contributed by atoms with Crippen LogP contribution >= 0.6 is 0 Å². The van der Waals surface area contributed by atoms with Gasteiger partial charge in [0.2, 0.25) is 0 Å². The molecular formula is C11H9N3. The first-order chi connectivity index (χ1) is 6.86. The van der Waals surface area contributed by atoms with Crippen LogP contribution in [0.4, 0.5) is 0 Å². The van der Waals surface area contributed by atoms with Crippen molar-refractivity contribution in [1.82, 2.24) is 0 Å². The molecule has 0 aromatic heterocycles. The summed E-state index contributed by atoms with van der Waals surface area (Å²) in [6.07, 6.45) is 8.91. The molecule has 0 aliphatic heterocycles. The summed E-state index contributed by atoms with van der Waals surface area (Å²) in [4.78, 5) is 2.64. The van der Waals surface area contributed by atoms with Crippen LogP contribution in [-0.2, 0) is 0 Å². The van der Waals surface area contributed by atoms with Crippen LogP contribution in [0.2, 0.25) is 0 Å². The minimum Gasteiger partial charge on any atom is -0.115 e. The lowest BCUT2D eigenvalue weighted by Gasteiger charge is -1.93. The van der Waals surface area contributed by atoms with Crippen LogP contribution in [0.15, 0.2) is 35.5 Å². The second-order valence-corrected chi connectivity index (χ2v) is 2.59. The van der Waals surface area contributed by atoms with Gasteiger partial charge in [0.1, 0.15) is 0 Å². The number of hydrogen-bond donors (Lipinski definition) is 0. The predicted octanol–water partition coefficient (Wildman–Crippen LogP) is 2.99. The van der Waals surface area contributed by atoms with E-state index in [1.54, 1.807) is 6.08 Å². The normalized spacial score (nSPS) is 9.36. The van der Waals surface area contributed by atoms with Crippen molar-refractivity contribution in [1.29, 1.82) is 0 Å². The molecule has 0 bridgehead atoms. The van der Waals surface area contributed by atoms with E-state index >= 15 is 0 Å². The maximum absolute atomic E-state index is 8.04. The first-order valence-corrected chi connectivity index (χ1v) is 4.11. The summed E-state index contributed by atoms with van der Waals surface area (Å²) in [6, 6.07) is 7.59. The molecule has 14 heavy (non-hydrogen) atoms. The predicted molar refractivity (Wildman–Crippen MR) is 57.4 cm³/mol. The van der Waals surface area contributed by atoms with E-state index in [9.17, 15) is 0 Å². The highest BCUT2D eigenvalue weighted by Gasteiger charge is 1.87. The van der Waals surface area contributed by atoms with Gasteiger partial charge in [-0.15, -0.1) is 6.42 Å². The van der Waals surface area contributed by atoms with E-state index in [1.807, 2.05) is 30.3 Å². The molecule has 3 nitrogen and oxygen atoms in total. The third-order valence-corrected chi connectivity index (χ3v) is 1.61. The molecule has 0 saturated carbocycles. The Bertz CT molecular complexity index is 420. The van der Waals surface area contributed by atoms with Crippen LogP contribution in [0.3, 0.4) is 0 Å². The molecule has 0 saturated heterocycles. The number of azide groups is 1. The molecular weight excluding hydrogens is 174 g/mol. The van der Waals surface area contributed by atoms with Crippen molar-refractivity contribution in [3.8, 4) is 12.3 Å². The Labute approximate surface area is 82.7 Å². The highest BCUT2D eigenvalue weighted by atomic mass is 15.1. The van der Waals surface area contributed by atoms with Gasteiger partial charge in [-0.25, -0.2) is 0 Å². The Kier molecular flexibility index (Phi) is 3.87. The first-order valence-electron chi connectivity index (χ1n) is 4.11. The summed E-state index contributed by atoms with van der Waals surface area (Å²) in [5, 5.41) is 3.38. The molecule has 0 amide bonds. The average molecular weight is 183 g/mol. The van der Waals surface area contributed by atoms with Gasteiger partial charge in [0.05, 0.1) is 0 Å². The zero-order valence-corrected chi connectivity index (χ0v) is 7.59. The fourth-order valence-corrected chi connectivity index (χ4v) is 1.00. The van der Waals surface area contributed by atoms with E-state index in [2.05, 4.69) is 15.9 Å². The third kappa shape index (κ3) is 3.06. The smallest absolute Gasteiger partial charge is 0.0443 e. The summed E-state index contributed by atoms with van der Waals surface area (Å²) in [5.41, 5.74) is 9.89. The van der Waals surface area contributed by atoms with Gasteiger partial charge in [0.25, 0.3) is 0 Å². The Morgan fingerprint density at radius 2 is 2.43 bits per heavy atom. The van der Waals surface area contributed by atoms with Crippen LogP contribution in [-0.4, -0.2) is 6.54 Å². The number of nitrogens with zero attached hydrogens (tertiary/aromatic N) is 3. The Morgan fingerprint density at radius 1 is 1.57 bits per heavy atom. The van der Waals surface area contributed by atoms with E-state index in [-0.39, 0.29) is 0 Å². The quantitative estimate of drug-likeness (QED) is 0.299. The van der Waals surface area contributed by atoms with Crippen LogP contribution in [0, 0.1) is 12.3 Å². The van der Waals surface area contributed by atoms with Crippen molar-refractivity contribution in [3.63, 3.8) is 0 Å². The molecule has 0 unspecified atom stereocenters. The lowest BCUT2D eigenvalue weighted by molar-refractivity contribution is 1.22. The molecule has 0 aliphatic rings. The number of hydrogen-bond acceptors (Lipinski definition) is 1. The minimum atomic E-state index is 0.358. The van der Waals surface area contributed by atoms with Gasteiger partial charge in [0.15, 0.2) is 0 Å².